The molecule has 7 heteroatoms. The normalized spacial score (nSPS) is 13.6. The van der Waals surface area contributed by atoms with E-state index in [1.165, 1.54) is 44.3 Å². The lowest BCUT2D eigenvalue weighted by molar-refractivity contribution is 0.0693. The van der Waals surface area contributed by atoms with Crippen LogP contribution >= 0.6 is 0 Å². The first-order valence-corrected chi connectivity index (χ1v) is 7.32. The number of anilines is 1. The Morgan fingerprint density at radius 3 is 2.87 bits per heavy atom. The molecule has 0 radical (unpaired) electrons. The molecule has 1 aromatic carbocycles. The molecule has 0 spiro atoms. The van der Waals surface area contributed by atoms with Gasteiger partial charge in [0.1, 0.15) is 11.3 Å². The predicted molar refractivity (Wildman–Crippen MR) is 82.9 cm³/mol. The van der Waals surface area contributed by atoms with E-state index in [0.29, 0.717) is 17.2 Å². The number of aromatic carboxylic acids is 1. The van der Waals surface area contributed by atoms with Crippen molar-refractivity contribution in [2.45, 2.75) is 19.4 Å². The van der Waals surface area contributed by atoms with Crippen LogP contribution in [-0.2, 0) is 6.54 Å². The molecule has 1 aliphatic rings. The minimum atomic E-state index is -1.08. The summed E-state index contributed by atoms with van der Waals surface area (Å²) in [6.07, 6.45) is 5.69. The number of methoxy groups -OCH3 is 1. The Morgan fingerprint density at radius 2 is 2.22 bits per heavy atom. The second kappa shape index (κ2) is 6.12. The van der Waals surface area contributed by atoms with Gasteiger partial charge in [0.25, 0.3) is 5.91 Å². The van der Waals surface area contributed by atoms with Crippen molar-refractivity contribution < 1.29 is 19.4 Å². The lowest BCUT2D eigenvalue weighted by Gasteiger charge is -2.08. The Bertz CT molecular complexity index is 750. The summed E-state index contributed by atoms with van der Waals surface area (Å²) in [7, 11) is 1.38. The van der Waals surface area contributed by atoms with E-state index in [-0.39, 0.29) is 17.2 Å². The van der Waals surface area contributed by atoms with Gasteiger partial charge in [-0.25, -0.2) is 4.79 Å². The third-order valence-electron chi connectivity index (χ3n) is 3.73. The maximum absolute atomic E-state index is 12.2. The van der Waals surface area contributed by atoms with Crippen molar-refractivity contribution in [3.8, 4) is 5.75 Å². The summed E-state index contributed by atoms with van der Waals surface area (Å²) >= 11 is 0. The molecule has 1 aromatic heterocycles. The highest BCUT2D eigenvalue weighted by Gasteiger charge is 2.22. The number of nitrogens with zero attached hydrogens (tertiary/aromatic N) is 2. The molecule has 1 amide bonds. The zero-order chi connectivity index (χ0) is 16.4. The standard InChI is InChI=1S/C16H17N3O4/c1-23-14-6-12(4-5-13(14)16(21)22)18-15(20)11-7-17-19(9-11)8-10-2-3-10/h4-7,9-10H,2-3,8H2,1H3,(H,18,20)(H,21,22). The van der Waals surface area contributed by atoms with E-state index in [0.717, 1.165) is 6.54 Å². The summed E-state index contributed by atoms with van der Waals surface area (Å²) in [5.74, 6) is -0.503. The average molecular weight is 315 g/mol. The van der Waals surface area contributed by atoms with Gasteiger partial charge in [0.15, 0.2) is 0 Å². The van der Waals surface area contributed by atoms with Crippen LogP contribution in [0.5, 0.6) is 5.75 Å². The second-order valence-electron chi connectivity index (χ2n) is 5.57. The van der Waals surface area contributed by atoms with Crippen LogP contribution in [0.25, 0.3) is 0 Å². The van der Waals surface area contributed by atoms with E-state index in [2.05, 4.69) is 10.4 Å². The Balaban J connectivity index is 1.71. The number of carboxylic acid groups (broad SMARTS) is 1. The zero-order valence-electron chi connectivity index (χ0n) is 12.7. The lowest BCUT2D eigenvalue weighted by Crippen LogP contribution is -2.12. The van der Waals surface area contributed by atoms with Gasteiger partial charge in [-0.1, -0.05) is 0 Å². The van der Waals surface area contributed by atoms with Crippen molar-refractivity contribution in [3.05, 3.63) is 41.7 Å². The fourth-order valence-corrected chi connectivity index (χ4v) is 2.29. The number of benzene rings is 1. The number of amides is 1. The summed E-state index contributed by atoms with van der Waals surface area (Å²) in [4.78, 5) is 23.3. The van der Waals surface area contributed by atoms with Gasteiger partial charge in [0.2, 0.25) is 0 Å². The third kappa shape index (κ3) is 3.50. The molecular formula is C16H17N3O4. The molecule has 2 N–H and O–H groups in total. The summed E-state index contributed by atoms with van der Waals surface area (Å²) < 4.78 is 6.82. The smallest absolute Gasteiger partial charge is 0.339 e. The fraction of sp³-hybridized carbons (Fsp3) is 0.312. The number of hydrogen-bond acceptors (Lipinski definition) is 4. The van der Waals surface area contributed by atoms with Crippen LogP contribution in [0.1, 0.15) is 33.6 Å². The number of nitrogens with one attached hydrogen (secondary N) is 1. The summed E-state index contributed by atoms with van der Waals surface area (Å²) in [5, 5.41) is 15.9. The van der Waals surface area contributed by atoms with Crippen LogP contribution in [0, 0.1) is 5.92 Å². The summed E-state index contributed by atoms with van der Waals surface area (Å²) in [6, 6.07) is 4.40. The molecule has 1 aliphatic carbocycles. The highest BCUT2D eigenvalue weighted by molar-refractivity contribution is 6.04. The number of hydrogen-bond donors (Lipinski definition) is 2. The Labute approximate surface area is 132 Å². The van der Waals surface area contributed by atoms with Gasteiger partial charge in [0, 0.05) is 24.5 Å². The van der Waals surface area contributed by atoms with Crippen LogP contribution in [0.4, 0.5) is 5.69 Å². The first-order chi connectivity index (χ1) is 11.1. The second-order valence-corrected chi connectivity index (χ2v) is 5.57. The maximum atomic E-state index is 12.2. The van der Waals surface area contributed by atoms with Gasteiger partial charge in [-0.2, -0.15) is 5.10 Å². The van der Waals surface area contributed by atoms with E-state index >= 15 is 0 Å². The minimum absolute atomic E-state index is 0.0442. The quantitative estimate of drug-likeness (QED) is 0.853. The molecule has 3 rings (SSSR count). The van der Waals surface area contributed by atoms with Crippen LogP contribution < -0.4 is 10.1 Å². The molecule has 0 bridgehead atoms. The van der Waals surface area contributed by atoms with E-state index in [4.69, 9.17) is 9.84 Å². The maximum Gasteiger partial charge on any atom is 0.339 e. The van der Waals surface area contributed by atoms with Crippen molar-refractivity contribution in [2.24, 2.45) is 5.92 Å². The van der Waals surface area contributed by atoms with E-state index in [9.17, 15) is 9.59 Å². The molecule has 0 atom stereocenters. The SMILES string of the molecule is COc1cc(NC(=O)c2cnn(CC3CC3)c2)ccc1C(=O)O. The van der Waals surface area contributed by atoms with Crippen molar-refractivity contribution in [3.63, 3.8) is 0 Å². The molecule has 120 valence electrons. The largest absolute Gasteiger partial charge is 0.496 e. The van der Waals surface area contributed by atoms with Gasteiger partial charge in [-0.15, -0.1) is 0 Å². The van der Waals surface area contributed by atoms with Gasteiger partial charge in [-0.05, 0) is 30.9 Å². The molecule has 1 saturated carbocycles. The number of aromatic nitrogens is 2. The third-order valence-corrected chi connectivity index (χ3v) is 3.73. The zero-order valence-corrected chi connectivity index (χ0v) is 12.7. The molecule has 1 fully saturated rings. The summed E-state index contributed by atoms with van der Waals surface area (Å²) in [6.45, 7) is 0.842. The van der Waals surface area contributed by atoms with Gasteiger partial charge in [0.05, 0.1) is 18.9 Å². The Kier molecular flexibility index (Phi) is 4.01. The van der Waals surface area contributed by atoms with Gasteiger partial charge < -0.3 is 15.2 Å². The number of carbonyl (C=O) groups is 2. The van der Waals surface area contributed by atoms with Crippen LogP contribution in [0.3, 0.4) is 0 Å². The number of rotatable bonds is 6. The number of carbonyl (C=O) groups excluding carboxylic acids is 1. The minimum Gasteiger partial charge on any atom is -0.496 e. The van der Waals surface area contributed by atoms with Crippen molar-refractivity contribution in [1.29, 1.82) is 0 Å². The summed E-state index contributed by atoms with van der Waals surface area (Å²) in [5.41, 5.74) is 0.974. The van der Waals surface area contributed by atoms with E-state index in [1.54, 1.807) is 10.9 Å². The highest BCUT2D eigenvalue weighted by Crippen LogP contribution is 2.30. The van der Waals surface area contributed by atoms with Gasteiger partial charge >= 0.3 is 5.97 Å². The first-order valence-electron chi connectivity index (χ1n) is 7.32. The van der Waals surface area contributed by atoms with Crippen molar-refractivity contribution in [1.82, 2.24) is 9.78 Å². The van der Waals surface area contributed by atoms with Gasteiger partial charge in [-0.3, -0.25) is 9.48 Å². The number of ether oxygens (including phenoxy) is 1. The molecular weight excluding hydrogens is 298 g/mol. The lowest BCUT2D eigenvalue weighted by atomic mass is 10.1. The van der Waals surface area contributed by atoms with E-state index in [1.807, 2.05) is 0 Å². The fourth-order valence-electron chi connectivity index (χ4n) is 2.29. The average Bonchev–Trinajstić information content (AvgIpc) is 3.21. The van der Waals surface area contributed by atoms with Crippen molar-refractivity contribution in [2.75, 3.05) is 12.4 Å². The highest BCUT2D eigenvalue weighted by atomic mass is 16.5. The van der Waals surface area contributed by atoms with Crippen molar-refractivity contribution >= 4 is 17.6 Å². The monoisotopic (exact) mass is 315 g/mol. The molecule has 7 nitrogen and oxygen atoms in total. The molecule has 0 unspecified atom stereocenters. The molecule has 0 aliphatic heterocycles. The topological polar surface area (TPSA) is 93.5 Å². The number of carboxylic acids is 1. The van der Waals surface area contributed by atoms with E-state index < -0.39 is 5.97 Å². The molecule has 1 heterocycles. The Morgan fingerprint density at radius 1 is 1.43 bits per heavy atom. The molecule has 23 heavy (non-hydrogen) atoms. The first kappa shape index (κ1) is 15.1. The predicted octanol–water partition coefficient (Wildman–Crippen LogP) is 2.25. The van der Waals surface area contributed by atoms with Crippen LogP contribution in [-0.4, -0.2) is 33.9 Å². The molecule has 2 aromatic rings. The molecule has 0 saturated heterocycles. The van der Waals surface area contributed by atoms with Crippen LogP contribution in [0.15, 0.2) is 30.6 Å². The van der Waals surface area contributed by atoms with Crippen LogP contribution in [0.2, 0.25) is 0 Å². The Hall–Kier alpha value is -2.83.